The lowest BCUT2D eigenvalue weighted by Crippen LogP contribution is -2.12. The van der Waals surface area contributed by atoms with E-state index in [9.17, 15) is 18.0 Å². The van der Waals surface area contributed by atoms with E-state index in [1.807, 2.05) is 0 Å². The summed E-state index contributed by atoms with van der Waals surface area (Å²) < 4.78 is 43.6. The molecule has 25 heavy (non-hydrogen) atoms. The van der Waals surface area contributed by atoms with E-state index in [1.165, 1.54) is 19.2 Å². The van der Waals surface area contributed by atoms with Crippen LogP contribution in [0, 0.1) is 6.92 Å². The fraction of sp³-hybridized carbons (Fsp3) is 0.188. The van der Waals surface area contributed by atoms with Gasteiger partial charge in [-0.15, -0.1) is 0 Å². The minimum Gasteiger partial charge on any atom is -0.465 e. The summed E-state index contributed by atoms with van der Waals surface area (Å²) in [4.78, 5) is 21.3. The summed E-state index contributed by atoms with van der Waals surface area (Å²) in [7, 11) is 1.26. The van der Waals surface area contributed by atoms with Gasteiger partial charge in [0.05, 0.1) is 18.1 Å². The number of carbonyl (C=O) groups excluding carboxylic acids is 1. The highest BCUT2D eigenvalue weighted by Gasteiger charge is 2.36. The molecule has 3 aromatic rings. The molecule has 0 atom stereocenters. The molecule has 1 aromatic carbocycles. The van der Waals surface area contributed by atoms with Gasteiger partial charge in [-0.2, -0.15) is 13.2 Å². The van der Waals surface area contributed by atoms with Crippen molar-refractivity contribution in [3.8, 4) is 0 Å². The number of rotatable bonds is 3. The number of nitrogens with zero attached hydrogens (tertiary/aromatic N) is 2. The van der Waals surface area contributed by atoms with Crippen LogP contribution >= 0.6 is 0 Å². The number of anilines is 2. The Labute approximate surface area is 140 Å². The van der Waals surface area contributed by atoms with E-state index >= 15 is 0 Å². The third-order valence-corrected chi connectivity index (χ3v) is 3.44. The SMILES string of the molecule is COC(=O)c1ccc(Nc2nc(C(F)(F)F)nc3[nH]c(C)cc23)cc1. The highest BCUT2D eigenvalue weighted by atomic mass is 19.4. The van der Waals surface area contributed by atoms with Crippen LogP contribution in [0.25, 0.3) is 11.0 Å². The Balaban J connectivity index is 2.01. The Kier molecular flexibility index (Phi) is 4.07. The van der Waals surface area contributed by atoms with Gasteiger partial charge in [0.15, 0.2) is 0 Å². The minimum absolute atomic E-state index is 0.0208. The highest BCUT2D eigenvalue weighted by molar-refractivity contribution is 5.91. The van der Waals surface area contributed by atoms with Gasteiger partial charge in [-0.25, -0.2) is 14.8 Å². The third-order valence-electron chi connectivity index (χ3n) is 3.44. The van der Waals surface area contributed by atoms with Gasteiger partial charge >= 0.3 is 12.1 Å². The number of alkyl halides is 3. The lowest BCUT2D eigenvalue weighted by atomic mass is 10.2. The van der Waals surface area contributed by atoms with Crippen LogP contribution in [0.15, 0.2) is 30.3 Å². The number of halogens is 3. The fourth-order valence-corrected chi connectivity index (χ4v) is 2.31. The molecule has 130 valence electrons. The van der Waals surface area contributed by atoms with Gasteiger partial charge in [-0.1, -0.05) is 0 Å². The quantitative estimate of drug-likeness (QED) is 0.702. The zero-order chi connectivity index (χ0) is 18.2. The number of aryl methyl sites for hydroxylation is 1. The molecule has 9 heteroatoms. The highest BCUT2D eigenvalue weighted by Crippen LogP contribution is 2.31. The molecule has 0 unspecified atom stereocenters. The lowest BCUT2D eigenvalue weighted by molar-refractivity contribution is -0.144. The van der Waals surface area contributed by atoms with E-state index in [4.69, 9.17) is 0 Å². The Bertz CT molecular complexity index is 933. The number of methoxy groups -OCH3 is 1. The van der Waals surface area contributed by atoms with Crippen LogP contribution in [-0.4, -0.2) is 28.0 Å². The van der Waals surface area contributed by atoms with Gasteiger partial charge in [0.25, 0.3) is 0 Å². The summed E-state index contributed by atoms with van der Waals surface area (Å²) in [6, 6.07) is 7.75. The zero-order valence-corrected chi connectivity index (χ0v) is 13.2. The first-order chi connectivity index (χ1) is 11.8. The number of fused-ring (bicyclic) bond motifs is 1. The molecule has 0 bridgehead atoms. The number of carbonyl (C=O) groups is 1. The van der Waals surface area contributed by atoms with Crippen LogP contribution in [0.2, 0.25) is 0 Å². The maximum atomic E-state index is 13.0. The Morgan fingerprint density at radius 2 is 1.88 bits per heavy atom. The summed E-state index contributed by atoms with van der Waals surface area (Å²) in [6.45, 7) is 1.71. The first-order valence-electron chi connectivity index (χ1n) is 7.18. The molecule has 0 aliphatic rings. The molecule has 0 amide bonds. The summed E-state index contributed by atoms with van der Waals surface area (Å²) in [5.41, 5.74) is 1.55. The standard InChI is InChI=1S/C16H13F3N4O2/c1-8-7-11-12(20-8)22-15(16(17,18)19)23-13(11)21-10-5-3-9(4-6-10)14(24)25-2/h3-7H,1-2H3,(H2,20,21,22,23). The summed E-state index contributed by atoms with van der Waals surface area (Å²) >= 11 is 0. The zero-order valence-electron chi connectivity index (χ0n) is 13.2. The van der Waals surface area contributed by atoms with Crippen molar-refractivity contribution >= 4 is 28.5 Å². The number of esters is 1. The van der Waals surface area contributed by atoms with Gasteiger partial charge in [0.1, 0.15) is 11.5 Å². The Hall–Kier alpha value is -3.10. The van der Waals surface area contributed by atoms with Crippen LogP contribution in [0.1, 0.15) is 21.9 Å². The first kappa shape index (κ1) is 16.7. The Morgan fingerprint density at radius 1 is 1.20 bits per heavy atom. The van der Waals surface area contributed by atoms with Gasteiger partial charge in [0, 0.05) is 11.4 Å². The average Bonchev–Trinajstić information content (AvgIpc) is 2.94. The van der Waals surface area contributed by atoms with E-state index < -0.39 is 18.0 Å². The molecule has 0 aliphatic heterocycles. The second-order valence-electron chi connectivity index (χ2n) is 5.30. The predicted octanol–water partition coefficient (Wildman–Crippen LogP) is 3.82. The molecule has 2 aromatic heterocycles. The van der Waals surface area contributed by atoms with Crippen molar-refractivity contribution in [2.45, 2.75) is 13.1 Å². The summed E-state index contributed by atoms with van der Waals surface area (Å²) in [5, 5.41) is 3.27. The van der Waals surface area contributed by atoms with Gasteiger partial charge in [-0.3, -0.25) is 0 Å². The second-order valence-corrected chi connectivity index (χ2v) is 5.30. The van der Waals surface area contributed by atoms with E-state index in [0.29, 0.717) is 22.3 Å². The van der Waals surface area contributed by atoms with Crippen molar-refractivity contribution in [1.82, 2.24) is 15.0 Å². The summed E-state index contributed by atoms with van der Waals surface area (Å²) in [5.74, 6) is -1.72. The van der Waals surface area contributed by atoms with Crippen molar-refractivity contribution in [1.29, 1.82) is 0 Å². The number of hydrogen-bond acceptors (Lipinski definition) is 5. The molecule has 0 spiro atoms. The number of aromatic amines is 1. The molecule has 0 fully saturated rings. The lowest BCUT2D eigenvalue weighted by Gasteiger charge is -2.10. The molecule has 6 nitrogen and oxygen atoms in total. The molecule has 0 radical (unpaired) electrons. The monoisotopic (exact) mass is 350 g/mol. The Morgan fingerprint density at radius 3 is 2.48 bits per heavy atom. The molecule has 2 N–H and O–H groups in total. The number of H-pyrrole nitrogens is 1. The number of ether oxygens (including phenoxy) is 1. The van der Waals surface area contributed by atoms with Crippen molar-refractivity contribution in [2.75, 3.05) is 12.4 Å². The molecule has 2 heterocycles. The second kappa shape index (κ2) is 6.08. The van der Waals surface area contributed by atoms with E-state index in [-0.39, 0.29) is 11.5 Å². The fourth-order valence-electron chi connectivity index (χ4n) is 2.31. The molecular formula is C16H13F3N4O2. The average molecular weight is 350 g/mol. The molecule has 3 rings (SSSR count). The van der Waals surface area contributed by atoms with Gasteiger partial charge in [-0.05, 0) is 37.3 Å². The van der Waals surface area contributed by atoms with E-state index in [1.54, 1.807) is 25.1 Å². The van der Waals surface area contributed by atoms with Crippen molar-refractivity contribution < 1.29 is 22.7 Å². The first-order valence-corrected chi connectivity index (χ1v) is 7.18. The molecule has 0 saturated carbocycles. The minimum atomic E-state index is -4.67. The smallest absolute Gasteiger partial charge is 0.451 e. The maximum Gasteiger partial charge on any atom is 0.451 e. The largest absolute Gasteiger partial charge is 0.465 e. The van der Waals surface area contributed by atoms with E-state index in [2.05, 4.69) is 25.0 Å². The van der Waals surface area contributed by atoms with Crippen LogP contribution in [0.5, 0.6) is 0 Å². The third kappa shape index (κ3) is 3.39. The molecule has 0 saturated heterocycles. The van der Waals surface area contributed by atoms with Crippen LogP contribution in [0.4, 0.5) is 24.7 Å². The van der Waals surface area contributed by atoms with Crippen LogP contribution in [-0.2, 0) is 10.9 Å². The van der Waals surface area contributed by atoms with E-state index in [0.717, 1.165) is 0 Å². The number of aromatic nitrogens is 3. The van der Waals surface area contributed by atoms with Crippen LogP contribution < -0.4 is 5.32 Å². The maximum absolute atomic E-state index is 13.0. The number of benzene rings is 1. The van der Waals surface area contributed by atoms with Gasteiger partial charge < -0.3 is 15.0 Å². The number of nitrogens with one attached hydrogen (secondary N) is 2. The van der Waals surface area contributed by atoms with Crippen LogP contribution in [0.3, 0.4) is 0 Å². The van der Waals surface area contributed by atoms with Crippen molar-refractivity contribution in [2.24, 2.45) is 0 Å². The van der Waals surface area contributed by atoms with Crippen molar-refractivity contribution in [3.63, 3.8) is 0 Å². The summed E-state index contributed by atoms with van der Waals surface area (Å²) in [6.07, 6.45) is -4.67. The predicted molar refractivity (Wildman–Crippen MR) is 84.7 cm³/mol. The van der Waals surface area contributed by atoms with Gasteiger partial charge in [0.2, 0.25) is 5.82 Å². The number of hydrogen-bond donors (Lipinski definition) is 2. The van der Waals surface area contributed by atoms with Crippen molar-refractivity contribution in [3.05, 3.63) is 47.4 Å². The normalized spacial score (nSPS) is 11.6. The topological polar surface area (TPSA) is 79.9 Å². The molecular weight excluding hydrogens is 337 g/mol. The molecule has 0 aliphatic carbocycles.